The molecule has 0 aromatic rings. The Morgan fingerprint density at radius 3 is 1.76 bits per heavy atom. The molecule has 1 heterocycles. The number of piperazine rings is 1. The summed E-state index contributed by atoms with van der Waals surface area (Å²) >= 11 is 0. The molecule has 4 nitrogen and oxygen atoms in total. The fraction of sp³-hybridized carbons (Fsp3) is 0.923. The van der Waals surface area contributed by atoms with Gasteiger partial charge in [-0.25, -0.2) is 4.79 Å². The monoisotopic (exact) mass is 246 g/mol. The molecule has 0 N–H and O–H groups in total. The highest BCUT2D eigenvalue weighted by atomic mass is 16.5. The fourth-order valence-electron chi connectivity index (χ4n) is 1.38. The van der Waals surface area contributed by atoms with E-state index in [4.69, 9.17) is 0 Å². The van der Waals surface area contributed by atoms with E-state index in [-0.39, 0.29) is 6.09 Å². The van der Waals surface area contributed by atoms with Crippen LogP contribution < -0.4 is 0 Å². The summed E-state index contributed by atoms with van der Waals surface area (Å²) in [7, 11) is 1.43. The average Bonchev–Trinajstić information content (AvgIpc) is 2.41. The maximum atomic E-state index is 11.0. The van der Waals surface area contributed by atoms with Crippen molar-refractivity contribution in [3.63, 3.8) is 0 Å². The molecule has 1 saturated heterocycles. The van der Waals surface area contributed by atoms with Gasteiger partial charge in [0.15, 0.2) is 0 Å². The zero-order chi connectivity index (χ0) is 13.7. The first-order valence-corrected chi connectivity index (χ1v) is 6.74. The summed E-state index contributed by atoms with van der Waals surface area (Å²) in [5.41, 5.74) is 0. The van der Waals surface area contributed by atoms with Crippen LogP contribution in [-0.4, -0.2) is 55.7 Å². The summed E-state index contributed by atoms with van der Waals surface area (Å²) in [5, 5.41) is 0. The normalized spacial score (nSPS) is 15.1. The predicted octanol–water partition coefficient (Wildman–Crippen LogP) is 2.83. The summed E-state index contributed by atoms with van der Waals surface area (Å²) in [4.78, 5) is 15.1. The highest BCUT2D eigenvalue weighted by Gasteiger charge is 2.19. The zero-order valence-corrected chi connectivity index (χ0v) is 12.5. The minimum atomic E-state index is -0.203. The first-order valence-electron chi connectivity index (χ1n) is 6.74. The van der Waals surface area contributed by atoms with Crippen LogP contribution in [0.15, 0.2) is 0 Å². The molecule has 4 heteroatoms. The van der Waals surface area contributed by atoms with E-state index >= 15 is 0 Å². The molecular formula is C13H30N2O2. The maximum Gasteiger partial charge on any atom is 0.409 e. The summed E-state index contributed by atoms with van der Waals surface area (Å²) in [6.45, 7) is 15.0. The molecule has 0 unspecified atom stereocenters. The maximum absolute atomic E-state index is 11.0. The van der Waals surface area contributed by atoms with Crippen molar-refractivity contribution in [2.75, 3.05) is 39.8 Å². The van der Waals surface area contributed by atoms with Crippen LogP contribution in [0.2, 0.25) is 0 Å². The number of amides is 1. The van der Waals surface area contributed by atoms with Crippen molar-refractivity contribution in [2.45, 2.75) is 41.0 Å². The lowest BCUT2D eigenvalue weighted by atomic mass is 10.3. The van der Waals surface area contributed by atoms with Crippen LogP contribution in [0.5, 0.6) is 0 Å². The standard InChI is InChI=1S/C8H16N2O2.C3H8.C2H6/c1-3-9-4-6-10(7-5-9)8(11)12-2;1-3-2;1-2/h3-7H2,1-2H3;3H2,1-2H3;1-2H3. The van der Waals surface area contributed by atoms with Gasteiger partial charge in [0.2, 0.25) is 0 Å². The number of carbonyl (C=O) groups is 1. The Morgan fingerprint density at radius 2 is 1.47 bits per heavy atom. The van der Waals surface area contributed by atoms with E-state index in [1.54, 1.807) is 4.90 Å². The molecule has 0 saturated carbocycles. The van der Waals surface area contributed by atoms with Crippen molar-refractivity contribution < 1.29 is 9.53 Å². The zero-order valence-electron chi connectivity index (χ0n) is 12.5. The fourth-order valence-corrected chi connectivity index (χ4v) is 1.38. The summed E-state index contributed by atoms with van der Waals surface area (Å²) < 4.78 is 4.63. The van der Waals surface area contributed by atoms with Crippen LogP contribution in [0.3, 0.4) is 0 Å². The molecule has 1 aliphatic heterocycles. The van der Waals surface area contributed by atoms with Crippen molar-refractivity contribution in [3.8, 4) is 0 Å². The molecule has 104 valence electrons. The van der Waals surface area contributed by atoms with E-state index in [1.807, 2.05) is 13.8 Å². The minimum absolute atomic E-state index is 0.203. The van der Waals surface area contributed by atoms with Crippen molar-refractivity contribution in [1.82, 2.24) is 9.80 Å². The van der Waals surface area contributed by atoms with Crippen LogP contribution in [-0.2, 0) is 4.74 Å². The number of carbonyl (C=O) groups excluding carboxylic acids is 1. The molecule has 17 heavy (non-hydrogen) atoms. The lowest BCUT2D eigenvalue weighted by Gasteiger charge is -2.32. The Hall–Kier alpha value is -0.770. The number of hydrogen-bond donors (Lipinski definition) is 0. The molecule has 1 amide bonds. The number of likely N-dealkylation sites (N-methyl/N-ethyl adjacent to an activating group) is 1. The lowest BCUT2D eigenvalue weighted by molar-refractivity contribution is 0.0927. The van der Waals surface area contributed by atoms with Crippen LogP contribution in [0, 0.1) is 0 Å². The van der Waals surface area contributed by atoms with Crippen molar-refractivity contribution in [1.29, 1.82) is 0 Å². The Balaban J connectivity index is 0. The van der Waals surface area contributed by atoms with Gasteiger partial charge in [-0.2, -0.15) is 0 Å². The molecule has 0 radical (unpaired) electrons. The van der Waals surface area contributed by atoms with E-state index in [9.17, 15) is 4.79 Å². The smallest absolute Gasteiger partial charge is 0.409 e. The van der Waals surface area contributed by atoms with Crippen molar-refractivity contribution in [3.05, 3.63) is 0 Å². The third-order valence-corrected chi connectivity index (χ3v) is 2.25. The first-order chi connectivity index (χ1) is 8.19. The number of nitrogens with zero attached hydrogens (tertiary/aromatic N) is 2. The second kappa shape index (κ2) is 13.3. The van der Waals surface area contributed by atoms with Gasteiger partial charge >= 0.3 is 6.09 Å². The predicted molar refractivity (Wildman–Crippen MR) is 73.4 cm³/mol. The summed E-state index contributed by atoms with van der Waals surface area (Å²) in [5.74, 6) is 0. The van der Waals surface area contributed by atoms with Crippen LogP contribution in [0.1, 0.15) is 41.0 Å². The molecule has 1 rings (SSSR count). The third kappa shape index (κ3) is 8.98. The van der Waals surface area contributed by atoms with E-state index in [0.717, 1.165) is 32.7 Å². The van der Waals surface area contributed by atoms with Gasteiger partial charge in [-0.1, -0.05) is 41.0 Å². The number of ether oxygens (including phenoxy) is 1. The van der Waals surface area contributed by atoms with Gasteiger partial charge in [0.1, 0.15) is 0 Å². The summed E-state index contributed by atoms with van der Waals surface area (Å²) in [6.07, 6.45) is 1.05. The number of rotatable bonds is 1. The van der Waals surface area contributed by atoms with Crippen LogP contribution in [0.4, 0.5) is 4.79 Å². The van der Waals surface area contributed by atoms with Gasteiger partial charge in [0.05, 0.1) is 7.11 Å². The Morgan fingerprint density at radius 1 is 1.06 bits per heavy atom. The lowest BCUT2D eigenvalue weighted by Crippen LogP contribution is -2.48. The van der Waals surface area contributed by atoms with E-state index < -0.39 is 0 Å². The Bertz CT molecular complexity index is 167. The molecule has 0 spiro atoms. The molecule has 0 bridgehead atoms. The Kier molecular flexibility index (Phi) is 14.5. The molecule has 0 aromatic carbocycles. The van der Waals surface area contributed by atoms with Gasteiger partial charge < -0.3 is 14.5 Å². The van der Waals surface area contributed by atoms with Gasteiger partial charge in [-0.05, 0) is 6.54 Å². The van der Waals surface area contributed by atoms with Gasteiger partial charge in [0, 0.05) is 26.2 Å². The molecule has 0 aliphatic carbocycles. The number of hydrogen-bond acceptors (Lipinski definition) is 3. The molecule has 0 aromatic heterocycles. The topological polar surface area (TPSA) is 32.8 Å². The summed E-state index contributed by atoms with van der Waals surface area (Å²) in [6, 6.07) is 0. The van der Waals surface area contributed by atoms with Crippen LogP contribution in [0.25, 0.3) is 0 Å². The Labute approximate surface area is 107 Å². The first kappa shape index (κ1) is 18.6. The van der Waals surface area contributed by atoms with Gasteiger partial charge in [0.25, 0.3) is 0 Å². The minimum Gasteiger partial charge on any atom is -0.453 e. The van der Waals surface area contributed by atoms with Gasteiger partial charge in [-0.3, -0.25) is 0 Å². The molecule has 1 fully saturated rings. The SMILES string of the molecule is CC.CCC.CCN1CCN(C(=O)OC)CC1. The van der Waals surface area contributed by atoms with Crippen molar-refractivity contribution in [2.24, 2.45) is 0 Å². The highest BCUT2D eigenvalue weighted by Crippen LogP contribution is 2.02. The third-order valence-electron chi connectivity index (χ3n) is 2.25. The van der Waals surface area contributed by atoms with Crippen LogP contribution >= 0.6 is 0 Å². The van der Waals surface area contributed by atoms with Gasteiger partial charge in [-0.15, -0.1) is 0 Å². The quantitative estimate of drug-likeness (QED) is 0.713. The van der Waals surface area contributed by atoms with E-state index in [1.165, 1.54) is 13.5 Å². The molecular weight excluding hydrogens is 216 g/mol. The van der Waals surface area contributed by atoms with Crippen molar-refractivity contribution >= 4 is 6.09 Å². The average molecular weight is 246 g/mol. The van der Waals surface area contributed by atoms with E-state index in [0.29, 0.717) is 0 Å². The second-order valence-electron chi connectivity index (χ2n) is 3.60. The molecule has 0 atom stereocenters. The highest BCUT2D eigenvalue weighted by molar-refractivity contribution is 5.67. The number of methoxy groups -OCH3 is 1. The molecule has 1 aliphatic rings. The van der Waals surface area contributed by atoms with E-state index in [2.05, 4.69) is 30.4 Å². The second-order valence-corrected chi connectivity index (χ2v) is 3.60. The largest absolute Gasteiger partial charge is 0.453 e.